The molecule has 2 nitrogen and oxygen atoms in total. The molecule has 0 aromatic heterocycles. The van der Waals surface area contributed by atoms with Crippen molar-refractivity contribution in [1.29, 1.82) is 0 Å². The third-order valence-electron chi connectivity index (χ3n) is 6.26. The molecule has 142 valence electrons. The summed E-state index contributed by atoms with van der Waals surface area (Å²) in [7, 11) is 0. The van der Waals surface area contributed by atoms with Crippen LogP contribution >= 0.6 is 0 Å². The number of fused-ring (bicyclic) bond motifs is 3. The van der Waals surface area contributed by atoms with E-state index in [4.69, 9.17) is 0 Å². The standard InChI is InChI=1S/C27H22O2/c1-27(20-6-11-23(28)12-7-20,21-8-13-24(29)14-9-21)22-10-15-26-19(17-22)16-18-4-2-3-5-25(18)26/h2-15,17,28-29H,16H2,1H3. The number of phenols is 2. The zero-order chi connectivity index (χ0) is 20.0. The highest BCUT2D eigenvalue weighted by Gasteiger charge is 2.32. The molecule has 0 spiro atoms. The van der Waals surface area contributed by atoms with E-state index in [9.17, 15) is 10.2 Å². The van der Waals surface area contributed by atoms with Crippen LogP contribution in [-0.2, 0) is 11.8 Å². The molecule has 1 aliphatic rings. The summed E-state index contributed by atoms with van der Waals surface area (Å²) in [5.41, 5.74) is 8.31. The van der Waals surface area contributed by atoms with Crippen molar-refractivity contribution >= 4 is 0 Å². The molecule has 2 heteroatoms. The van der Waals surface area contributed by atoms with Crippen molar-refractivity contribution in [2.24, 2.45) is 0 Å². The Morgan fingerprint density at radius 2 is 1.10 bits per heavy atom. The first-order valence-corrected chi connectivity index (χ1v) is 9.86. The maximum Gasteiger partial charge on any atom is 0.115 e. The Hall–Kier alpha value is -3.52. The molecule has 0 radical (unpaired) electrons. The zero-order valence-electron chi connectivity index (χ0n) is 16.3. The van der Waals surface area contributed by atoms with Gasteiger partial charge in [-0.1, -0.05) is 66.7 Å². The van der Waals surface area contributed by atoms with Gasteiger partial charge in [-0.2, -0.15) is 0 Å². The SMILES string of the molecule is CC(c1ccc(O)cc1)(c1ccc(O)cc1)c1ccc2c(c1)Cc1ccccc1-2. The molecule has 0 amide bonds. The van der Waals surface area contributed by atoms with Crippen molar-refractivity contribution in [2.45, 2.75) is 18.8 Å². The number of hydrogen-bond donors (Lipinski definition) is 2. The molecule has 0 atom stereocenters. The summed E-state index contributed by atoms with van der Waals surface area (Å²) in [6, 6.07) is 30.2. The average Bonchev–Trinajstić information content (AvgIpc) is 3.12. The molecule has 2 N–H and O–H groups in total. The monoisotopic (exact) mass is 378 g/mol. The van der Waals surface area contributed by atoms with E-state index in [0.717, 1.165) is 17.5 Å². The fraction of sp³-hybridized carbons (Fsp3) is 0.111. The molecule has 0 heterocycles. The van der Waals surface area contributed by atoms with Crippen molar-refractivity contribution in [3.8, 4) is 22.6 Å². The van der Waals surface area contributed by atoms with Crippen LogP contribution in [0, 0.1) is 0 Å². The van der Waals surface area contributed by atoms with E-state index in [1.807, 2.05) is 24.3 Å². The van der Waals surface area contributed by atoms with Gasteiger partial charge in [-0.25, -0.2) is 0 Å². The molecule has 0 aliphatic heterocycles. The van der Waals surface area contributed by atoms with Crippen LogP contribution in [-0.4, -0.2) is 10.2 Å². The molecule has 0 unspecified atom stereocenters. The number of aromatic hydroxyl groups is 2. The van der Waals surface area contributed by atoms with Crippen LogP contribution in [0.4, 0.5) is 0 Å². The predicted molar refractivity (Wildman–Crippen MR) is 116 cm³/mol. The summed E-state index contributed by atoms with van der Waals surface area (Å²) in [5.74, 6) is 0.511. The Balaban J connectivity index is 1.69. The molecule has 4 aromatic rings. The Kier molecular flexibility index (Phi) is 3.95. The molecule has 0 saturated carbocycles. The van der Waals surface area contributed by atoms with E-state index in [1.165, 1.54) is 27.8 Å². The van der Waals surface area contributed by atoms with Crippen LogP contribution in [0.3, 0.4) is 0 Å². The smallest absolute Gasteiger partial charge is 0.115 e. The maximum atomic E-state index is 9.79. The van der Waals surface area contributed by atoms with Gasteiger partial charge in [0.05, 0.1) is 0 Å². The lowest BCUT2D eigenvalue weighted by Gasteiger charge is -2.32. The van der Waals surface area contributed by atoms with Gasteiger partial charge in [0, 0.05) is 5.41 Å². The first-order valence-electron chi connectivity index (χ1n) is 9.86. The summed E-state index contributed by atoms with van der Waals surface area (Å²) in [6.07, 6.45) is 0.945. The highest BCUT2D eigenvalue weighted by molar-refractivity contribution is 5.77. The number of benzene rings is 4. The fourth-order valence-corrected chi connectivity index (χ4v) is 4.55. The lowest BCUT2D eigenvalue weighted by Crippen LogP contribution is -2.25. The summed E-state index contributed by atoms with van der Waals surface area (Å²) in [5, 5.41) is 19.6. The van der Waals surface area contributed by atoms with Crippen LogP contribution in [0.1, 0.15) is 34.7 Å². The fourth-order valence-electron chi connectivity index (χ4n) is 4.55. The van der Waals surface area contributed by atoms with Crippen molar-refractivity contribution in [1.82, 2.24) is 0 Å². The third kappa shape index (κ3) is 2.80. The topological polar surface area (TPSA) is 40.5 Å². The van der Waals surface area contributed by atoms with E-state index < -0.39 is 5.41 Å². The Morgan fingerprint density at radius 1 is 0.586 bits per heavy atom. The van der Waals surface area contributed by atoms with Crippen LogP contribution in [0.25, 0.3) is 11.1 Å². The van der Waals surface area contributed by atoms with E-state index >= 15 is 0 Å². The Morgan fingerprint density at radius 3 is 1.72 bits per heavy atom. The number of hydrogen-bond acceptors (Lipinski definition) is 2. The van der Waals surface area contributed by atoms with Gasteiger partial charge < -0.3 is 10.2 Å². The van der Waals surface area contributed by atoms with Crippen LogP contribution in [0.15, 0.2) is 91.0 Å². The van der Waals surface area contributed by atoms with E-state index in [2.05, 4.69) is 49.4 Å². The van der Waals surface area contributed by atoms with Gasteiger partial charge in [-0.05, 0) is 76.6 Å². The highest BCUT2D eigenvalue weighted by atomic mass is 16.3. The molecule has 1 aliphatic carbocycles. The van der Waals surface area contributed by atoms with Crippen molar-refractivity contribution < 1.29 is 10.2 Å². The molecule has 29 heavy (non-hydrogen) atoms. The second kappa shape index (κ2) is 6.52. The van der Waals surface area contributed by atoms with Gasteiger partial charge in [-0.3, -0.25) is 0 Å². The maximum absolute atomic E-state index is 9.79. The predicted octanol–water partition coefficient (Wildman–Crippen LogP) is 6.02. The quantitative estimate of drug-likeness (QED) is 0.377. The lowest BCUT2D eigenvalue weighted by molar-refractivity contribution is 0.474. The first kappa shape index (κ1) is 17.6. The number of phenolic OH excluding ortho intramolecular Hbond substituents is 2. The largest absolute Gasteiger partial charge is 0.508 e. The zero-order valence-corrected chi connectivity index (χ0v) is 16.3. The summed E-state index contributed by atoms with van der Waals surface area (Å²) in [4.78, 5) is 0. The molecule has 0 saturated heterocycles. The van der Waals surface area contributed by atoms with Gasteiger partial charge in [0.15, 0.2) is 0 Å². The van der Waals surface area contributed by atoms with Gasteiger partial charge in [0.1, 0.15) is 11.5 Å². The number of rotatable bonds is 3. The second-order valence-electron chi connectivity index (χ2n) is 7.92. The molecule has 0 bridgehead atoms. The second-order valence-corrected chi connectivity index (χ2v) is 7.92. The van der Waals surface area contributed by atoms with Crippen LogP contribution < -0.4 is 0 Å². The normalized spacial score (nSPS) is 12.4. The minimum absolute atomic E-state index is 0.256. The van der Waals surface area contributed by atoms with Crippen molar-refractivity contribution in [3.05, 3.63) is 119 Å². The highest BCUT2D eigenvalue weighted by Crippen LogP contribution is 2.43. The van der Waals surface area contributed by atoms with E-state index in [-0.39, 0.29) is 11.5 Å². The van der Waals surface area contributed by atoms with Crippen LogP contribution in [0.5, 0.6) is 11.5 Å². The van der Waals surface area contributed by atoms with Gasteiger partial charge >= 0.3 is 0 Å². The minimum Gasteiger partial charge on any atom is -0.508 e. The van der Waals surface area contributed by atoms with Crippen molar-refractivity contribution in [2.75, 3.05) is 0 Å². The van der Waals surface area contributed by atoms with Gasteiger partial charge in [0.2, 0.25) is 0 Å². The van der Waals surface area contributed by atoms with Crippen molar-refractivity contribution in [3.63, 3.8) is 0 Å². The molecule has 5 rings (SSSR count). The molecule has 4 aromatic carbocycles. The molecular weight excluding hydrogens is 356 g/mol. The minimum atomic E-state index is -0.412. The first-order chi connectivity index (χ1) is 14.1. The molecule has 0 fully saturated rings. The van der Waals surface area contributed by atoms with E-state index in [1.54, 1.807) is 24.3 Å². The van der Waals surface area contributed by atoms with Gasteiger partial charge in [-0.15, -0.1) is 0 Å². The summed E-state index contributed by atoms with van der Waals surface area (Å²) in [6.45, 7) is 2.20. The van der Waals surface area contributed by atoms with Gasteiger partial charge in [0.25, 0.3) is 0 Å². The van der Waals surface area contributed by atoms with E-state index in [0.29, 0.717) is 0 Å². The van der Waals surface area contributed by atoms with Crippen LogP contribution in [0.2, 0.25) is 0 Å². The third-order valence-corrected chi connectivity index (χ3v) is 6.26. The summed E-state index contributed by atoms with van der Waals surface area (Å²) >= 11 is 0. The lowest BCUT2D eigenvalue weighted by atomic mass is 9.70. The average molecular weight is 378 g/mol. The molecular formula is C27H22O2. The summed E-state index contributed by atoms with van der Waals surface area (Å²) < 4.78 is 0. The Bertz CT molecular complexity index is 1140. The Labute approximate surface area is 170 Å².